The van der Waals surface area contributed by atoms with E-state index in [4.69, 9.17) is 0 Å². The summed E-state index contributed by atoms with van der Waals surface area (Å²) in [6, 6.07) is 0.0304. The molecule has 1 rings (SSSR count). The molecule has 106 valence electrons. The van der Waals surface area contributed by atoms with Crippen LogP contribution in [0, 0.1) is 5.92 Å². The van der Waals surface area contributed by atoms with Gasteiger partial charge in [-0.25, -0.2) is 4.79 Å². The molecule has 6 heteroatoms. The van der Waals surface area contributed by atoms with E-state index >= 15 is 0 Å². The number of hydrogen-bond donors (Lipinski definition) is 1. The summed E-state index contributed by atoms with van der Waals surface area (Å²) in [5.74, 6) is 2.29. The Morgan fingerprint density at radius 3 is 2.89 bits per heavy atom. The van der Waals surface area contributed by atoms with Crippen LogP contribution >= 0.6 is 11.8 Å². The number of urea groups is 1. The maximum atomic E-state index is 11.9. The van der Waals surface area contributed by atoms with Crippen molar-refractivity contribution >= 4 is 28.6 Å². The van der Waals surface area contributed by atoms with Crippen LogP contribution in [0.1, 0.15) is 20.3 Å². The van der Waals surface area contributed by atoms with Crippen molar-refractivity contribution in [3.05, 3.63) is 0 Å². The molecule has 2 amide bonds. The standard InChI is InChI=1S/C12H24N2O2S2/c1-10(2)11-9-14(6-7-17-11)12(15)13-5-4-8-18(3)16/h10-11H,4-9H2,1-3H3,(H,13,15)/t11-,18-/m1/s1. The monoisotopic (exact) mass is 292 g/mol. The second-order valence-electron chi connectivity index (χ2n) is 4.96. The first-order valence-electron chi connectivity index (χ1n) is 6.45. The molecule has 1 heterocycles. The van der Waals surface area contributed by atoms with Crippen LogP contribution in [-0.2, 0) is 10.8 Å². The molecule has 0 unspecified atom stereocenters. The first-order valence-corrected chi connectivity index (χ1v) is 9.22. The van der Waals surface area contributed by atoms with E-state index in [9.17, 15) is 9.00 Å². The molecule has 0 bridgehead atoms. The van der Waals surface area contributed by atoms with Crippen LogP contribution in [0.25, 0.3) is 0 Å². The van der Waals surface area contributed by atoms with E-state index in [0.29, 0.717) is 23.5 Å². The van der Waals surface area contributed by atoms with Gasteiger partial charge in [-0.15, -0.1) is 0 Å². The second-order valence-corrected chi connectivity index (χ2v) is 7.86. The number of amides is 2. The van der Waals surface area contributed by atoms with Gasteiger partial charge in [-0.05, 0) is 12.3 Å². The Morgan fingerprint density at radius 1 is 1.56 bits per heavy atom. The fraction of sp³-hybridized carbons (Fsp3) is 0.917. The summed E-state index contributed by atoms with van der Waals surface area (Å²) in [6.45, 7) is 6.70. The zero-order valence-electron chi connectivity index (χ0n) is 11.5. The molecule has 1 saturated heterocycles. The van der Waals surface area contributed by atoms with Crippen molar-refractivity contribution in [1.29, 1.82) is 0 Å². The minimum atomic E-state index is -0.765. The van der Waals surface area contributed by atoms with E-state index < -0.39 is 10.8 Å². The van der Waals surface area contributed by atoms with Crippen molar-refractivity contribution in [2.75, 3.05) is 37.4 Å². The minimum Gasteiger partial charge on any atom is -0.338 e. The highest BCUT2D eigenvalue weighted by Crippen LogP contribution is 2.24. The van der Waals surface area contributed by atoms with Gasteiger partial charge in [-0.1, -0.05) is 13.8 Å². The molecule has 1 aliphatic heterocycles. The number of hydrogen-bond acceptors (Lipinski definition) is 3. The lowest BCUT2D eigenvalue weighted by atomic mass is 10.1. The SMILES string of the molecule is CC(C)[C@H]1CN(C(=O)NCCC[S@@](C)=O)CCS1. The Morgan fingerprint density at radius 2 is 2.28 bits per heavy atom. The number of nitrogens with one attached hydrogen (secondary N) is 1. The Labute approximate surface area is 117 Å². The third-order valence-electron chi connectivity index (χ3n) is 3.01. The van der Waals surface area contributed by atoms with Gasteiger partial charge in [0.2, 0.25) is 0 Å². The van der Waals surface area contributed by atoms with Crippen LogP contribution in [0.4, 0.5) is 4.79 Å². The summed E-state index contributed by atoms with van der Waals surface area (Å²) in [5.41, 5.74) is 0. The van der Waals surface area contributed by atoms with Gasteiger partial charge in [0.1, 0.15) is 0 Å². The number of carbonyl (C=O) groups is 1. The first-order chi connectivity index (χ1) is 8.50. The number of carbonyl (C=O) groups excluding carboxylic acids is 1. The van der Waals surface area contributed by atoms with Gasteiger partial charge in [0, 0.05) is 53.4 Å². The number of rotatable bonds is 5. The van der Waals surface area contributed by atoms with Crippen LogP contribution in [0.15, 0.2) is 0 Å². The van der Waals surface area contributed by atoms with Crippen LogP contribution < -0.4 is 5.32 Å². The molecule has 0 aromatic carbocycles. The molecule has 0 spiro atoms. The molecule has 0 aromatic heterocycles. The van der Waals surface area contributed by atoms with Gasteiger partial charge in [0.15, 0.2) is 0 Å². The topological polar surface area (TPSA) is 49.4 Å². The Kier molecular flexibility index (Phi) is 7.07. The molecule has 2 atom stereocenters. The predicted octanol–water partition coefficient (Wildman–Crippen LogP) is 1.54. The molecule has 1 N–H and O–H groups in total. The van der Waals surface area contributed by atoms with Crippen LogP contribution in [-0.4, -0.2) is 57.8 Å². The Balaban J connectivity index is 2.26. The quantitative estimate of drug-likeness (QED) is 0.782. The van der Waals surface area contributed by atoms with E-state index in [1.807, 2.05) is 16.7 Å². The first kappa shape index (κ1) is 15.8. The molecule has 0 aliphatic carbocycles. The maximum Gasteiger partial charge on any atom is 0.317 e. The van der Waals surface area contributed by atoms with Gasteiger partial charge in [-0.2, -0.15) is 11.8 Å². The molecule has 0 radical (unpaired) electrons. The Hall–Kier alpha value is -0.230. The molecule has 18 heavy (non-hydrogen) atoms. The van der Waals surface area contributed by atoms with Gasteiger partial charge in [0.25, 0.3) is 0 Å². The largest absolute Gasteiger partial charge is 0.338 e. The molecular weight excluding hydrogens is 268 g/mol. The van der Waals surface area contributed by atoms with Crippen LogP contribution in [0.2, 0.25) is 0 Å². The minimum absolute atomic E-state index is 0.0304. The van der Waals surface area contributed by atoms with Gasteiger partial charge >= 0.3 is 6.03 Å². The van der Waals surface area contributed by atoms with Crippen LogP contribution in [0.5, 0.6) is 0 Å². The summed E-state index contributed by atoms with van der Waals surface area (Å²) in [7, 11) is -0.765. The molecule has 0 aromatic rings. The summed E-state index contributed by atoms with van der Waals surface area (Å²) >= 11 is 1.96. The summed E-state index contributed by atoms with van der Waals surface area (Å²) < 4.78 is 10.9. The van der Waals surface area contributed by atoms with Crippen molar-refractivity contribution in [2.45, 2.75) is 25.5 Å². The lowest BCUT2D eigenvalue weighted by molar-refractivity contribution is 0.197. The maximum absolute atomic E-state index is 11.9. The second kappa shape index (κ2) is 8.04. The van der Waals surface area contributed by atoms with Crippen molar-refractivity contribution in [3.8, 4) is 0 Å². The van der Waals surface area contributed by atoms with E-state index in [0.717, 1.165) is 25.3 Å². The average molecular weight is 292 g/mol. The summed E-state index contributed by atoms with van der Waals surface area (Å²) in [6.07, 6.45) is 2.47. The van der Waals surface area contributed by atoms with Gasteiger partial charge in [0.05, 0.1) is 0 Å². The summed E-state index contributed by atoms with van der Waals surface area (Å²) in [5, 5.41) is 3.46. The van der Waals surface area contributed by atoms with E-state index in [2.05, 4.69) is 19.2 Å². The number of nitrogens with zero attached hydrogens (tertiary/aromatic N) is 1. The smallest absolute Gasteiger partial charge is 0.317 e. The third kappa shape index (κ3) is 5.61. The molecule has 1 aliphatic rings. The van der Waals surface area contributed by atoms with Crippen LogP contribution in [0.3, 0.4) is 0 Å². The average Bonchev–Trinajstić information content (AvgIpc) is 2.34. The molecule has 4 nitrogen and oxygen atoms in total. The van der Waals surface area contributed by atoms with Gasteiger partial charge < -0.3 is 10.2 Å². The fourth-order valence-electron chi connectivity index (χ4n) is 1.85. The molecule has 0 saturated carbocycles. The highest BCUT2D eigenvalue weighted by molar-refractivity contribution is 8.00. The molecule has 1 fully saturated rings. The lowest BCUT2D eigenvalue weighted by Gasteiger charge is -2.34. The van der Waals surface area contributed by atoms with Crippen molar-refractivity contribution < 1.29 is 9.00 Å². The van der Waals surface area contributed by atoms with Gasteiger partial charge in [-0.3, -0.25) is 4.21 Å². The Bertz CT molecular complexity index is 298. The zero-order valence-corrected chi connectivity index (χ0v) is 13.1. The zero-order chi connectivity index (χ0) is 13.5. The van der Waals surface area contributed by atoms with E-state index in [-0.39, 0.29) is 6.03 Å². The van der Waals surface area contributed by atoms with E-state index in [1.54, 1.807) is 6.26 Å². The molecular formula is C12H24N2O2S2. The fourth-order valence-corrected chi connectivity index (χ4v) is 3.70. The third-order valence-corrected chi connectivity index (χ3v) is 5.41. The normalized spacial score (nSPS) is 22.0. The highest BCUT2D eigenvalue weighted by atomic mass is 32.2. The van der Waals surface area contributed by atoms with E-state index in [1.165, 1.54) is 0 Å². The highest BCUT2D eigenvalue weighted by Gasteiger charge is 2.25. The van der Waals surface area contributed by atoms with Crippen molar-refractivity contribution in [2.24, 2.45) is 5.92 Å². The predicted molar refractivity (Wildman–Crippen MR) is 79.6 cm³/mol. The number of thioether (sulfide) groups is 1. The van der Waals surface area contributed by atoms with Crippen molar-refractivity contribution in [1.82, 2.24) is 10.2 Å². The lowest BCUT2D eigenvalue weighted by Crippen LogP contribution is -2.48. The summed E-state index contributed by atoms with van der Waals surface area (Å²) in [4.78, 5) is 13.8. The van der Waals surface area contributed by atoms with Crippen molar-refractivity contribution in [3.63, 3.8) is 0 Å².